The number of alkyl carbamates (subject to hydrolysis) is 1. The Labute approximate surface area is 135 Å². The maximum absolute atomic E-state index is 11.8. The molecule has 0 bridgehead atoms. The third-order valence-electron chi connectivity index (χ3n) is 4.09. The van der Waals surface area contributed by atoms with Crippen LogP contribution in [-0.4, -0.2) is 43.8 Å². The quantitative estimate of drug-likeness (QED) is 0.843. The number of carbonyl (C=O) groups is 1. The largest absolute Gasteiger partial charge is 0.444 e. The molecule has 1 aromatic heterocycles. The molecular formula is C15H26N4O4. The van der Waals surface area contributed by atoms with Gasteiger partial charge >= 0.3 is 11.8 Å². The Bertz CT molecular complexity index is 628. The normalized spacial score (nSPS) is 24.7. The summed E-state index contributed by atoms with van der Waals surface area (Å²) in [6, 6.07) is 0. The van der Waals surface area contributed by atoms with Crippen LogP contribution in [0.5, 0.6) is 0 Å². The van der Waals surface area contributed by atoms with E-state index >= 15 is 0 Å². The zero-order valence-corrected chi connectivity index (χ0v) is 14.4. The Hall–Kier alpha value is -1.83. The summed E-state index contributed by atoms with van der Waals surface area (Å²) >= 11 is 0. The molecule has 1 amide bonds. The topological polar surface area (TPSA) is 98.4 Å². The number of rotatable bonds is 3. The molecule has 2 rings (SSSR count). The fourth-order valence-electron chi connectivity index (χ4n) is 3.00. The van der Waals surface area contributed by atoms with Crippen molar-refractivity contribution in [3.05, 3.63) is 16.3 Å². The second-order valence-electron chi connectivity index (χ2n) is 7.20. The van der Waals surface area contributed by atoms with Crippen LogP contribution in [0.15, 0.2) is 4.79 Å². The number of aromatic nitrogens is 3. The van der Waals surface area contributed by atoms with Gasteiger partial charge in [0.25, 0.3) is 0 Å². The smallest absolute Gasteiger partial charge is 0.407 e. The van der Waals surface area contributed by atoms with Crippen LogP contribution in [0.1, 0.15) is 45.4 Å². The number of aryl methyl sites for hydroxylation is 1. The van der Waals surface area contributed by atoms with Gasteiger partial charge in [0.2, 0.25) is 0 Å². The average molecular weight is 326 g/mol. The predicted octanol–water partition coefficient (Wildman–Crippen LogP) is 0.498. The van der Waals surface area contributed by atoms with Gasteiger partial charge in [-0.25, -0.2) is 14.3 Å². The maximum Gasteiger partial charge on any atom is 0.407 e. The van der Waals surface area contributed by atoms with Crippen molar-refractivity contribution in [1.29, 1.82) is 0 Å². The van der Waals surface area contributed by atoms with Crippen LogP contribution in [-0.2, 0) is 18.8 Å². The highest BCUT2D eigenvalue weighted by Crippen LogP contribution is 2.37. The Balaban J connectivity index is 1.95. The van der Waals surface area contributed by atoms with Gasteiger partial charge < -0.3 is 15.2 Å². The molecule has 1 aliphatic carbocycles. The van der Waals surface area contributed by atoms with E-state index in [4.69, 9.17) is 4.74 Å². The van der Waals surface area contributed by atoms with Crippen molar-refractivity contribution in [3.63, 3.8) is 0 Å². The van der Waals surface area contributed by atoms with Crippen molar-refractivity contribution >= 4 is 6.09 Å². The molecule has 1 aromatic rings. The highest BCUT2D eigenvalue weighted by Gasteiger charge is 2.36. The number of aliphatic hydroxyl groups excluding tert-OH is 1. The summed E-state index contributed by atoms with van der Waals surface area (Å²) in [6.45, 7) is 5.74. The third-order valence-corrected chi connectivity index (χ3v) is 4.09. The lowest BCUT2D eigenvalue weighted by Gasteiger charge is -2.21. The van der Waals surface area contributed by atoms with Crippen molar-refractivity contribution in [3.8, 4) is 0 Å². The molecule has 3 atom stereocenters. The van der Waals surface area contributed by atoms with E-state index in [9.17, 15) is 14.7 Å². The molecule has 0 unspecified atom stereocenters. The number of hydrogen-bond donors (Lipinski definition) is 2. The van der Waals surface area contributed by atoms with E-state index in [0.29, 0.717) is 25.2 Å². The van der Waals surface area contributed by atoms with Gasteiger partial charge in [0.15, 0.2) is 0 Å². The van der Waals surface area contributed by atoms with Crippen molar-refractivity contribution in [2.24, 2.45) is 20.0 Å². The van der Waals surface area contributed by atoms with Crippen LogP contribution in [0, 0.1) is 5.92 Å². The SMILES string of the molecule is Cn1nc([C@H]2C[C@H](CNC(=O)OC(C)(C)C)[C@H](O)C2)n(C)c1=O. The van der Waals surface area contributed by atoms with E-state index in [1.54, 1.807) is 34.9 Å². The monoisotopic (exact) mass is 326 g/mol. The lowest BCUT2D eigenvalue weighted by atomic mass is 10.0. The second-order valence-corrected chi connectivity index (χ2v) is 7.20. The molecule has 23 heavy (non-hydrogen) atoms. The zero-order chi connectivity index (χ0) is 17.4. The molecule has 0 saturated heterocycles. The highest BCUT2D eigenvalue weighted by atomic mass is 16.6. The minimum atomic E-state index is -0.548. The van der Waals surface area contributed by atoms with E-state index in [-0.39, 0.29) is 17.5 Å². The molecule has 8 heteroatoms. The van der Waals surface area contributed by atoms with E-state index in [1.165, 1.54) is 9.25 Å². The van der Waals surface area contributed by atoms with Gasteiger partial charge in [-0.15, -0.1) is 0 Å². The summed E-state index contributed by atoms with van der Waals surface area (Å²) in [6.07, 6.45) is 0.178. The van der Waals surface area contributed by atoms with Crippen molar-refractivity contribution in [2.45, 2.75) is 51.2 Å². The number of hydrogen-bond acceptors (Lipinski definition) is 5. The Kier molecular flexibility index (Phi) is 4.84. The lowest BCUT2D eigenvalue weighted by Crippen LogP contribution is -2.36. The molecular weight excluding hydrogens is 300 g/mol. The maximum atomic E-state index is 11.8. The van der Waals surface area contributed by atoms with Gasteiger partial charge in [0.05, 0.1) is 6.10 Å². The zero-order valence-electron chi connectivity index (χ0n) is 14.4. The van der Waals surface area contributed by atoms with Crippen LogP contribution < -0.4 is 11.0 Å². The molecule has 1 aliphatic rings. The summed E-state index contributed by atoms with van der Waals surface area (Å²) in [5, 5.41) is 17.2. The summed E-state index contributed by atoms with van der Waals surface area (Å²) in [4.78, 5) is 23.5. The molecule has 0 spiro atoms. The van der Waals surface area contributed by atoms with Crippen LogP contribution in [0.25, 0.3) is 0 Å². The minimum absolute atomic E-state index is 0.00864. The first-order valence-corrected chi connectivity index (χ1v) is 7.83. The first-order chi connectivity index (χ1) is 10.6. The number of amides is 1. The molecule has 1 heterocycles. The number of carbonyl (C=O) groups excluding carboxylic acids is 1. The standard InChI is InChI=1S/C15H26N4O4/c1-15(2,3)23-13(21)16-8-10-6-9(7-11(10)20)12-17-19(5)14(22)18(12)4/h9-11,20H,6-8H2,1-5H3,(H,16,21)/t9-,10+,11+/m0/s1. The first kappa shape index (κ1) is 17.5. The van der Waals surface area contributed by atoms with Crippen molar-refractivity contribution in [1.82, 2.24) is 19.7 Å². The molecule has 0 aromatic carbocycles. The fraction of sp³-hybridized carbons (Fsp3) is 0.800. The molecule has 1 saturated carbocycles. The van der Waals surface area contributed by atoms with Gasteiger partial charge in [0, 0.05) is 32.5 Å². The number of aliphatic hydroxyl groups is 1. The van der Waals surface area contributed by atoms with E-state index in [2.05, 4.69) is 10.4 Å². The molecule has 0 aliphatic heterocycles. The predicted molar refractivity (Wildman–Crippen MR) is 84.2 cm³/mol. The van der Waals surface area contributed by atoms with E-state index in [1.807, 2.05) is 0 Å². The van der Waals surface area contributed by atoms with Crippen molar-refractivity contribution in [2.75, 3.05) is 6.54 Å². The summed E-state index contributed by atoms with van der Waals surface area (Å²) in [5.74, 6) is 0.607. The van der Waals surface area contributed by atoms with Crippen molar-refractivity contribution < 1.29 is 14.6 Å². The van der Waals surface area contributed by atoms with Crippen LogP contribution in [0.2, 0.25) is 0 Å². The third kappa shape index (κ3) is 4.13. The molecule has 0 radical (unpaired) electrons. The van der Waals surface area contributed by atoms with Crippen LogP contribution >= 0.6 is 0 Å². The number of nitrogens with zero attached hydrogens (tertiary/aromatic N) is 3. The second kappa shape index (κ2) is 6.35. The van der Waals surface area contributed by atoms with Gasteiger partial charge in [0.1, 0.15) is 11.4 Å². The fourth-order valence-corrected chi connectivity index (χ4v) is 3.00. The Morgan fingerprint density at radius 3 is 2.57 bits per heavy atom. The van der Waals surface area contributed by atoms with E-state index < -0.39 is 17.8 Å². The molecule has 8 nitrogen and oxygen atoms in total. The number of nitrogens with one attached hydrogen (secondary N) is 1. The Morgan fingerprint density at radius 2 is 2.04 bits per heavy atom. The van der Waals surface area contributed by atoms with Crippen LogP contribution in [0.4, 0.5) is 4.79 Å². The van der Waals surface area contributed by atoms with E-state index in [0.717, 1.165) is 0 Å². The van der Waals surface area contributed by atoms with Gasteiger partial charge in [-0.3, -0.25) is 4.57 Å². The summed E-state index contributed by atoms with van der Waals surface area (Å²) in [5.41, 5.74) is -0.725. The Morgan fingerprint density at radius 1 is 1.39 bits per heavy atom. The minimum Gasteiger partial charge on any atom is -0.444 e. The van der Waals surface area contributed by atoms with Crippen LogP contribution in [0.3, 0.4) is 0 Å². The van der Waals surface area contributed by atoms with Gasteiger partial charge in [-0.1, -0.05) is 0 Å². The summed E-state index contributed by atoms with van der Waals surface area (Å²) in [7, 11) is 3.29. The number of ether oxygens (including phenoxy) is 1. The summed E-state index contributed by atoms with van der Waals surface area (Å²) < 4.78 is 8.00. The molecule has 2 N–H and O–H groups in total. The highest BCUT2D eigenvalue weighted by molar-refractivity contribution is 5.67. The van der Waals surface area contributed by atoms with Gasteiger partial charge in [-0.2, -0.15) is 5.10 Å². The lowest BCUT2D eigenvalue weighted by molar-refractivity contribution is 0.0500. The average Bonchev–Trinajstić information content (AvgIpc) is 2.90. The van der Waals surface area contributed by atoms with Gasteiger partial charge in [-0.05, 0) is 33.6 Å². The first-order valence-electron chi connectivity index (χ1n) is 7.83. The molecule has 1 fully saturated rings. The molecule has 130 valence electrons.